The largest absolute Gasteiger partial charge is 2.00 e. The van der Waals surface area contributed by atoms with Crippen LogP contribution >= 0.6 is 0 Å². The molecule has 4 heterocycles. The summed E-state index contributed by atoms with van der Waals surface area (Å²) >= 11 is 0. The van der Waals surface area contributed by atoms with Gasteiger partial charge in [-0.05, 0) is 29.5 Å². The molecule has 0 aliphatic rings. The second-order valence-electron chi connectivity index (χ2n) is 6.00. The van der Waals surface area contributed by atoms with E-state index in [1.54, 1.807) is 36.4 Å². The van der Waals surface area contributed by atoms with E-state index < -0.39 is 5.66 Å². The number of rotatable bonds is 4. The second kappa shape index (κ2) is 9.02. The van der Waals surface area contributed by atoms with Crippen LogP contribution in [-0.4, -0.2) is 29.5 Å². The molecule has 0 fully saturated rings. The van der Waals surface area contributed by atoms with Gasteiger partial charge in [0.25, 0.3) is 0 Å². The van der Waals surface area contributed by atoms with Crippen molar-refractivity contribution < 1.29 is 21.1 Å². The molecule has 0 N–H and O–H groups in total. The third-order valence-electron chi connectivity index (χ3n) is 4.22. The Morgan fingerprint density at radius 1 is 0.875 bits per heavy atom. The van der Waals surface area contributed by atoms with Gasteiger partial charge >= 0.3 is 32.5 Å². The van der Waals surface area contributed by atoms with Crippen molar-refractivity contribution in [3.05, 3.63) is 112 Å². The monoisotopic (exact) mass is 595 g/mol. The standard InChI is InChI=1S/C21H8N10.Pt/c1-23-18-11-13-31(29-18)20-9-5-7-17(27-20)21(24-2,25-3)16-6-4-8-19(26-16)30-12-10-15(14-22)28-30;/h4-11H;/q-2;+2. The molecule has 0 aromatic carbocycles. The summed E-state index contributed by atoms with van der Waals surface area (Å²) in [7, 11) is 0. The van der Waals surface area contributed by atoms with Crippen molar-refractivity contribution in [2.75, 3.05) is 0 Å². The van der Waals surface area contributed by atoms with Gasteiger partial charge < -0.3 is 9.53 Å². The molecule has 11 heteroatoms. The van der Waals surface area contributed by atoms with Crippen LogP contribution in [0, 0.1) is 43.4 Å². The molecular formula is C21H8N10Pt. The van der Waals surface area contributed by atoms with E-state index in [2.05, 4.69) is 47.1 Å². The van der Waals surface area contributed by atoms with Crippen LogP contribution in [0.1, 0.15) is 17.1 Å². The quantitative estimate of drug-likeness (QED) is 0.338. The first-order valence-corrected chi connectivity index (χ1v) is 8.59. The molecule has 0 spiro atoms. The fourth-order valence-corrected chi connectivity index (χ4v) is 2.77. The molecule has 0 saturated heterocycles. The Morgan fingerprint density at radius 3 is 1.91 bits per heavy atom. The number of pyridine rings is 2. The fraction of sp³-hybridized carbons (Fsp3) is 0.0476. The van der Waals surface area contributed by atoms with Gasteiger partial charge in [-0.2, -0.15) is 0 Å². The van der Waals surface area contributed by atoms with Crippen molar-refractivity contribution in [3.63, 3.8) is 0 Å². The van der Waals surface area contributed by atoms with Crippen molar-refractivity contribution in [2.24, 2.45) is 0 Å². The minimum Gasteiger partial charge on any atom is -0.342 e. The second-order valence-corrected chi connectivity index (χ2v) is 6.00. The molecule has 0 aliphatic heterocycles. The summed E-state index contributed by atoms with van der Waals surface area (Å²) < 4.78 is 2.55. The minimum atomic E-state index is -1.85. The van der Waals surface area contributed by atoms with Crippen LogP contribution in [0.2, 0.25) is 0 Å². The molecule has 4 aromatic heterocycles. The predicted octanol–water partition coefficient (Wildman–Crippen LogP) is 2.91. The first-order valence-electron chi connectivity index (χ1n) is 8.59. The van der Waals surface area contributed by atoms with Gasteiger partial charge in [0.05, 0.1) is 23.4 Å². The molecule has 0 atom stereocenters. The molecule has 152 valence electrons. The zero-order valence-corrected chi connectivity index (χ0v) is 18.2. The average molecular weight is 595 g/mol. The van der Waals surface area contributed by atoms with Crippen molar-refractivity contribution in [1.82, 2.24) is 29.5 Å². The Balaban J connectivity index is 0.00000289. The number of hydrogen-bond donors (Lipinski definition) is 0. The third kappa shape index (κ3) is 3.75. The normalized spacial score (nSPS) is 10.1. The van der Waals surface area contributed by atoms with Gasteiger partial charge in [-0.1, -0.05) is 37.0 Å². The van der Waals surface area contributed by atoms with E-state index in [0.717, 1.165) is 0 Å². The zero-order valence-electron chi connectivity index (χ0n) is 15.9. The maximum Gasteiger partial charge on any atom is 2.00 e. The van der Waals surface area contributed by atoms with Crippen molar-refractivity contribution in [1.29, 1.82) is 5.26 Å². The molecule has 0 amide bonds. The molecule has 0 unspecified atom stereocenters. The molecule has 0 radical (unpaired) electrons. The summed E-state index contributed by atoms with van der Waals surface area (Å²) in [6.45, 7) is 22.6. The number of nitriles is 1. The topological polar surface area (TPSA) is 98.3 Å². The van der Waals surface area contributed by atoms with E-state index in [0.29, 0.717) is 11.6 Å². The minimum absolute atomic E-state index is 0. The fourth-order valence-electron chi connectivity index (χ4n) is 2.77. The average Bonchev–Trinajstić information content (AvgIpc) is 3.51. The molecule has 32 heavy (non-hydrogen) atoms. The smallest absolute Gasteiger partial charge is 0.342 e. The van der Waals surface area contributed by atoms with Gasteiger partial charge in [0.2, 0.25) is 11.4 Å². The van der Waals surface area contributed by atoms with E-state index in [4.69, 9.17) is 25.0 Å². The molecular weight excluding hydrogens is 587 g/mol. The molecule has 10 nitrogen and oxygen atoms in total. The van der Waals surface area contributed by atoms with E-state index >= 15 is 0 Å². The Hall–Kier alpha value is -4.63. The van der Waals surface area contributed by atoms with Gasteiger partial charge in [0, 0.05) is 0 Å². The molecule has 0 saturated carbocycles. The van der Waals surface area contributed by atoms with Gasteiger partial charge in [0.1, 0.15) is 0 Å². The Morgan fingerprint density at radius 2 is 1.44 bits per heavy atom. The first-order chi connectivity index (χ1) is 15.1. The molecule has 4 aromatic rings. The van der Waals surface area contributed by atoms with Gasteiger partial charge in [-0.15, -0.1) is 6.07 Å². The number of hydrogen-bond acceptors (Lipinski definition) is 5. The summed E-state index contributed by atoms with van der Waals surface area (Å²) in [5.41, 5.74) is -1.40. The summed E-state index contributed by atoms with van der Waals surface area (Å²) in [5.74, 6) is 0.753. The first kappa shape index (κ1) is 22.1. The number of nitrogens with zero attached hydrogens (tertiary/aromatic N) is 10. The summed E-state index contributed by atoms with van der Waals surface area (Å²) in [5, 5.41) is 17.0. The molecule has 4 rings (SSSR count). The zero-order chi connectivity index (χ0) is 21.8. The Kier molecular flexibility index (Phi) is 6.22. The SMILES string of the molecule is [C-]#[N+]c1c[c-]n(-c2cccc(C([N+]#[C-])([N+]#[C-])c3cccc(-n4[c-]cc(C#N)n4)n3)n2)n1.[Pt+2]. The Bertz CT molecular complexity index is 1340. The van der Waals surface area contributed by atoms with Gasteiger partial charge in [0.15, 0.2) is 0 Å². The maximum absolute atomic E-state index is 8.96. The number of aromatic nitrogens is 6. The van der Waals surface area contributed by atoms with Gasteiger partial charge in [-0.25, -0.2) is 37.9 Å². The predicted molar refractivity (Wildman–Crippen MR) is 105 cm³/mol. The Labute approximate surface area is 197 Å². The van der Waals surface area contributed by atoms with E-state index in [1.165, 1.54) is 21.5 Å². The molecule has 0 aliphatic carbocycles. The van der Waals surface area contributed by atoms with Crippen molar-refractivity contribution in [2.45, 2.75) is 5.66 Å². The van der Waals surface area contributed by atoms with E-state index in [9.17, 15) is 0 Å². The van der Waals surface area contributed by atoms with Crippen LogP contribution in [0.4, 0.5) is 5.82 Å². The molecule has 0 bridgehead atoms. The van der Waals surface area contributed by atoms with Crippen LogP contribution in [-0.2, 0) is 26.7 Å². The van der Waals surface area contributed by atoms with Gasteiger partial charge in [-0.3, -0.25) is 9.97 Å². The van der Waals surface area contributed by atoms with Crippen LogP contribution in [0.5, 0.6) is 0 Å². The van der Waals surface area contributed by atoms with Crippen molar-refractivity contribution >= 4 is 5.82 Å². The van der Waals surface area contributed by atoms with Crippen LogP contribution in [0.15, 0.2) is 48.5 Å². The summed E-state index contributed by atoms with van der Waals surface area (Å²) in [6.07, 6.45) is 5.56. The van der Waals surface area contributed by atoms with E-state index in [1.807, 2.05) is 6.07 Å². The van der Waals surface area contributed by atoms with Crippen LogP contribution in [0.3, 0.4) is 0 Å². The van der Waals surface area contributed by atoms with Crippen molar-refractivity contribution in [3.8, 4) is 17.7 Å². The van der Waals surface area contributed by atoms with E-state index in [-0.39, 0.29) is 44.0 Å². The summed E-state index contributed by atoms with van der Waals surface area (Å²) in [6, 6.07) is 14.4. The van der Waals surface area contributed by atoms with Crippen LogP contribution < -0.4 is 0 Å². The maximum atomic E-state index is 8.96. The summed E-state index contributed by atoms with van der Waals surface area (Å²) in [4.78, 5) is 19.2. The third-order valence-corrected chi connectivity index (χ3v) is 4.22. The van der Waals surface area contributed by atoms with Crippen LogP contribution in [0.25, 0.3) is 26.2 Å².